The summed E-state index contributed by atoms with van der Waals surface area (Å²) in [6.07, 6.45) is 2.51. The van der Waals surface area contributed by atoms with Crippen molar-refractivity contribution >= 4 is 0 Å². The number of nitrogens with zero attached hydrogens (tertiary/aromatic N) is 2. The zero-order valence-corrected chi connectivity index (χ0v) is 11.7. The molecule has 0 fully saturated rings. The predicted molar refractivity (Wildman–Crippen MR) is 69.0 cm³/mol. The third-order valence-electron chi connectivity index (χ3n) is 1.34. The quantitative estimate of drug-likeness (QED) is 0.695. The second kappa shape index (κ2) is 18.7. The molecule has 0 atom stereocenters. The summed E-state index contributed by atoms with van der Waals surface area (Å²) in [5.41, 5.74) is 0. The van der Waals surface area contributed by atoms with Crippen LogP contribution >= 0.6 is 0 Å². The van der Waals surface area contributed by atoms with E-state index in [1.54, 1.807) is 0 Å². The highest BCUT2D eigenvalue weighted by Crippen LogP contribution is 1.76. The second-order valence-electron chi connectivity index (χ2n) is 3.61. The van der Waals surface area contributed by atoms with Crippen LogP contribution in [0.5, 0.6) is 0 Å². The molecule has 0 saturated heterocycles. The molecule has 0 aliphatic heterocycles. The highest BCUT2D eigenvalue weighted by atomic mass is 15.0. The molecule has 0 aliphatic rings. The van der Waals surface area contributed by atoms with Gasteiger partial charge in [0.05, 0.1) is 0 Å². The molecule has 14 heavy (non-hydrogen) atoms. The van der Waals surface area contributed by atoms with E-state index in [-0.39, 0.29) is 0 Å². The van der Waals surface area contributed by atoms with Gasteiger partial charge in [0.15, 0.2) is 0 Å². The van der Waals surface area contributed by atoms with Crippen molar-refractivity contribution in [3.05, 3.63) is 0 Å². The molecule has 0 heterocycles. The van der Waals surface area contributed by atoms with Gasteiger partial charge in [0.25, 0.3) is 0 Å². The fraction of sp³-hybridized carbons (Fsp3) is 1.00. The van der Waals surface area contributed by atoms with E-state index in [1.165, 1.54) is 25.9 Å². The van der Waals surface area contributed by atoms with Crippen LogP contribution in [0.4, 0.5) is 0 Å². The molecular formula is C12H32N2. The normalized spacial score (nSPS) is 9.00. The Labute approximate surface area is 92.3 Å². The Hall–Kier alpha value is -0.0800. The number of hydrogen-bond acceptors (Lipinski definition) is 2. The zero-order valence-electron chi connectivity index (χ0n) is 11.7. The minimum absolute atomic E-state index is 1.21. The molecule has 2 nitrogen and oxygen atoms in total. The monoisotopic (exact) mass is 204 g/mol. The van der Waals surface area contributed by atoms with E-state index in [1.807, 2.05) is 13.8 Å². The van der Waals surface area contributed by atoms with Crippen LogP contribution < -0.4 is 0 Å². The minimum atomic E-state index is 1.21. The van der Waals surface area contributed by atoms with Gasteiger partial charge in [0.2, 0.25) is 0 Å². The molecule has 2 heteroatoms. The Bertz CT molecular complexity index is 60.7. The largest absolute Gasteiger partial charge is 0.309 e. The molecule has 0 aromatic rings. The lowest BCUT2D eigenvalue weighted by Gasteiger charge is -2.03. The molecule has 90 valence electrons. The molecule has 0 aromatic carbocycles. The SMILES string of the molecule is CC.CCCN(C)C.CCCN(C)C. The first-order valence-corrected chi connectivity index (χ1v) is 5.84. The van der Waals surface area contributed by atoms with Crippen molar-refractivity contribution in [3.8, 4) is 0 Å². The van der Waals surface area contributed by atoms with Crippen molar-refractivity contribution in [2.75, 3.05) is 41.3 Å². The smallest absolute Gasteiger partial charge is 0.00275 e. The third-order valence-corrected chi connectivity index (χ3v) is 1.34. The van der Waals surface area contributed by atoms with E-state index in [0.717, 1.165) is 0 Å². The summed E-state index contributed by atoms with van der Waals surface area (Å²) < 4.78 is 0. The summed E-state index contributed by atoms with van der Waals surface area (Å²) in [6.45, 7) is 10.8. The molecule has 0 saturated carbocycles. The topological polar surface area (TPSA) is 6.48 Å². The molecule has 0 unspecified atom stereocenters. The average Bonchev–Trinajstić information content (AvgIpc) is 2.08. The maximum absolute atomic E-state index is 2.18. The first-order chi connectivity index (χ1) is 6.54. The van der Waals surface area contributed by atoms with Gasteiger partial charge in [-0.05, 0) is 54.1 Å². The van der Waals surface area contributed by atoms with Crippen LogP contribution in [0.15, 0.2) is 0 Å². The fourth-order valence-electron chi connectivity index (χ4n) is 0.894. The van der Waals surface area contributed by atoms with Gasteiger partial charge in [-0.2, -0.15) is 0 Å². The van der Waals surface area contributed by atoms with Crippen molar-refractivity contribution < 1.29 is 0 Å². The van der Waals surface area contributed by atoms with E-state index < -0.39 is 0 Å². The van der Waals surface area contributed by atoms with Crippen LogP contribution in [0.3, 0.4) is 0 Å². The van der Waals surface area contributed by atoms with Gasteiger partial charge in [-0.3, -0.25) is 0 Å². The van der Waals surface area contributed by atoms with Gasteiger partial charge < -0.3 is 9.80 Å². The number of rotatable bonds is 4. The van der Waals surface area contributed by atoms with E-state index in [2.05, 4.69) is 51.8 Å². The van der Waals surface area contributed by atoms with Crippen LogP contribution in [0, 0.1) is 0 Å². The lowest BCUT2D eigenvalue weighted by Crippen LogP contribution is -2.11. The van der Waals surface area contributed by atoms with Gasteiger partial charge in [-0.25, -0.2) is 0 Å². The summed E-state index contributed by atoms with van der Waals surface area (Å²) in [5.74, 6) is 0. The van der Waals surface area contributed by atoms with Gasteiger partial charge in [-0.1, -0.05) is 27.7 Å². The van der Waals surface area contributed by atoms with Crippen molar-refractivity contribution in [2.24, 2.45) is 0 Å². The lowest BCUT2D eigenvalue weighted by molar-refractivity contribution is 0.408. The molecule has 0 aliphatic carbocycles. The minimum Gasteiger partial charge on any atom is -0.309 e. The van der Waals surface area contributed by atoms with Crippen LogP contribution in [-0.2, 0) is 0 Å². The van der Waals surface area contributed by atoms with Gasteiger partial charge in [0, 0.05) is 0 Å². The van der Waals surface area contributed by atoms with Crippen LogP contribution in [0.2, 0.25) is 0 Å². The van der Waals surface area contributed by atoms with E-state index in [9.17, 15) is 0 Å². The van der Waals surface area contributed by atoms with E-state index in [0.29, 0.717) is 0 Å². The zero-order chi connectivity index (χ0) is 12.0. The Balaban J connectivity index is -0.000000147. The molecule has 0 radical (unpaired) electrons. The van der Waals surface area contributed by atoms with Gasteiger partial charge >= 0.3 is 0 Å². The molecule has 0 amide bonds. The maximum atomic E-state index is 2.18. The highest BCUT2D eigenvalue weighted by molar-refractivity contribution is 4.35. The summed E-state index contributed by atoms with van der Waals surface area (Å²) in [7, 11) is 8.35. The van der Waals surface area contributed by atoms with Crippen molar-refractivity contribution in [2.45, 2.75) is 40.5 Å². The average molecular weight is 204 g/mol. The second-order valence-corrected chi connectivity index (χ2v) is 3.61. The van der Waals surface area contributed by atoms with E-state index in [4.69, 9.17) is 0 Å². The molecule has 0 bridgehead atoms. The Morgan fingerprint density at radius 2 is 0.857 bits per heavy atom. The van der Waals surface area contributed by atoms with Crippen LogP contribution in [-0.4, -0.2) is 51.1 Å². The summed E-state index contributed by atoms with van der Waals surface area (Å²) in [6, 6.07) is 0. The first-order valence-electron chi connectivity index (χ1n) is 5.84. The van der Waals surface area contributed by atoms with Crippen LogP contribution in [0.25, 0.3) is 0 Å². The maximum Gasteiger partial charge on any atom is -0.00275 e. The van der Waals surface area contributed by atoms with Gasteiger partial charge in [-0.15, -0.1) is 0 Å². The standard InChI is InChI=1S/2C5H13N.C2H6/c2*1-4-5-6(2)3;1-2/h2*4-5H2,1-3H3;1-2H3. The van der Waals surface area contributed by atoms with Gasteiger partial charge in [0.1, 0.15) is 0 Å². The van der Waals surface area contributed by atoms with E-state index >= 15 is 0 Å². The molecule has 0 aromatic heterocycles. The Morgan fingerprint density at radius 1 is 0.643 bits per heavy atom. The number of hydrogen-bond donors (Lipinski definition) is 0. The van der Waals surface area contributed by atoms with Crippen molar-refractivity contribution in [3.63, 3.8) is 0 Å². The highest BCUT2D eigenvalue weighted by Gasteiger charge is 1.80. The Morgan fingerprint density at radius 3 is 0.857 bits per heavy atom. The first kappa shape index (κ1) is 19.5. The fourth-order valence-corrected chi connectivity index (χ4v) is 0.894. The Kier molecular flexibility index (Phi) is 26.0. The summed E-state index contributed by atoms with van der Waals surface area (Å²) in [5, 5.41) is 0. The lowest BCUT2D eigenvalue weighted by atomic mass is 10.5. The molecule has 0 N–H and O–H groups in total. The predicted octanol–water partition coefficient (Wildman–Crippen LogP) is 2.94. The molecule has 0 rings (SSSR count). The van der Waals surface area contributed by atoms with Crippen molar-refractivity contribution in [1.29, 1.82) is 0 Å². The molecule has 0 spiro atoms. The third kappa shape index (κ3) is 40.6. The summed E-state index contributed by atoms with van der Waals surface area (Å²) in [4.78, 5) is 4.36. The summed E-state index contributed by atoms with van der Waals surface area (Å²) >= 11 is 0. The van der Waals surface area contributed by atoms with Crippen LogP contribution in [0.1, 0.15) is 40.5 Å². The molecular weight excluding hydrogens is 172 g/mol. The van der Waals surface area contributed by atoms with Crippen molar-refractivity contribution in [1.82, 2.24) is 9.80 Å².